The lowest BCUT2D eigenvalue weighted by Crippen LogP contribution is -2.42. The number of sulfone groups is 1. The molecule has 10 heteroatoms. The largest absolute Gasteiger partial charge is 0.393 e. The third-order valence-corrected chi connectivity index (χ3v) is 6.68. The second-order valence-corrected chi connectivity index (χ2v) is 8.75. The van der Waals surface area contributed by atoms with E-state index in [2.05, 4.69) is 17.2 Å². The quantitative estimate of drug-likeness (QED) is 0.675. The van der Waals surface area contributed by atoms with Crippen LogP contribution in [0.1, 0.15) is 22.3 Å². The average molecular weight is 404 g/mol. The van der Waals surface area contributed by atoms with Crippen LogP contribution >= 0.6 is 0 Å². The molecule has 2 atom stereocenters. The Hall–Kier alpha value is -2.36. The SMILES string of the molecule is C=CC(=O)NCc1ccccc1C(=O)NC[C@]1(S(C)(=O)=O)C[C@@H]1C(F)(F)F. The number of rotatable bonds is 7. The first-order valence-corrected chi connectivity index (χ1v) is 9.84. The summed E-state index contributed by atoms with van der Waals surface area (Å²) in [6.07, 6.45) is -3.43. The minimum atomic E-state index is -4.65. The van der Waals surface area contributed by atoms with Crippen molar-refractivity contribution in [3.05, 3.63) is 48.0 Å². The van der Waals surface area contributed by atoms with Gasteiger partial charge in [0, 0.05) is 24.9 Å². The first kappa shape index (κ1) is 20.9. The van der Waals surface area contributed by atoms with Crippen LogP contribution in [0.5, 0.6) is 0 Å². The van der Waals surface area contributed by atoms with Gasteiger partial charge in [0.2, 0.25) is 5.91 Å². The predicted molar refractivity (Wildman–Crippen MR) is 92.6 cm³/mol. The molecule has 1 aliphatic rings. The smallest absolute Gasteiger partial charge is 0.350 e. The van der Waals surface area contributed by atoms with Crippen molar-refractivity contribution >= 4 is 21.7 Å². The van der Waals surface area contributed by atoms with Gasteiger partial charge in [-0.1, -0.05) is 24.8 Å². The van der Waals surface area contributed by atoms with Crippen LogP contribution in [0.25, 0.3) is 0 Å². The Kier molecular flexibility index (Phi) is 5.69. The van der Waals surface area contributed by atoms with Crippen LogP contribution < -0.4 is 10.6 Å². The molecular weight excluding hydrogens is 385 g/mol. The van der Waals surface area contributed by atoms with Crippen LogP contribution in [0.3, 0.4) is 0 Å². The van der Waals surface area contributed by atoms with Gasteiger partial charge in [0.15, 0.2) is 9.84 Å². The van der Waals surface area contributed by atoms with E-state index in [-0.39, 0.29) is 12.1 Å². The van der Waals surface area contributed by atoms with Gasteiger partial charge in [0.25, 0.3) is 5.91 Å². The highest BCUT2D eigenvalue weighted by Gasteiger charge is 2.72. The molecule has 1 aliphatic carbocycles. The Balaban J connectivity index is 2.14. The van der Waals surface area contributed by atoms with Gasteiger partial charge in [0.05, 0.1) is 5.92 Å². The fraction of sp³-hybridized carbons (Fsp3) is 0.412. The number of benzene rings is 1. The monoisotopic (exact) mass is 404 g/mol. The van der Waals surface area contributed by atoms with Gasteiger partial charge in [-0.3, -0.25) is 9.59 Å². The molecule has 0 aromatic heterocycles. The lowest BCUT2D eigenvalue weighted by atomic mass is 10.1. The number of halogens is 3. The molecule has 2 amide bonds. The van der Waals surface area contributed by atoms with Crippen molar-refractivity contribution in [3.8, 4) is 0 Å². The van der Waals surface area contributed by atoms with Crippen LogP contribution in [-0.2, 0) is 21.2 Å². The molecule has 0 aliphatic heterocycles. The lowest BCUT2D eigenvalue weighted by molar-refractivity contribution is -0.149. The summed E-state index contributed by atoms with van der Waals surface area (Å²) in [5.74, 6) is -3.16. The summed E-state index contributed by atoms with van der Waals surface area (Å²) in [5.41, 5.74) is 0.566. The van der Waals surface area contributed by atoms with Crippen molar-refractivity contribution in [2.45, 2.75) is 23.9 Å². The summed E-state index contributed by atoms with van der Waals surface area (Å²) >= 11 is 0. The number of carbonyl (C=O) groups is 2. The Labute approximate surface area is 154 Å². The van der Waals surface area contributed by atoms with Crippen LogP contribution in [0.15, 0.2) is 36.9 Å². The number of hydrogen-bond acceptors (Lipinski definition) is 4. The number of carbonyl (C=O) groups excluding carboxylic acids is 2. The molecule has 2 N–H and O–H groups in total. The molecule has 6 nitrogen and oxygen atoms in total. The first-order valence-electron chi connectivity index (χ1n) is 7.95. The van der Waals surface area contributed by atoms with Gasteiger partial charge in [-0.05, 0) is 24.1 Å². The van der Waals surface area contributed by atoms with Crippen molar-refractivity contribution in [1.29, 1.82) is 0 Å². The van der Waals surface area contributed by atoms with Gasteiger partial charge in [0.1, 0.15) is 4.75 Å². The molecule has 1 aromatic carbocycles. The molecule has 1 saturated carbocycles. The number of alkyl halides is 3. The van der Waals surface area contributed by atoms with Crippen molar-refractivity contribution in [2.75, 3.05) is 12.8 Å². The van der Waals surface area contributed by atoms with E-state index in [1.54, 1.807) is 18.2 Å². The van der Waals surface area contributed by atoms with E-state index in [1.807, 2.05) is 0 Å². The van der Waals surface area contributed by atoms with Gasteiger partial charge in [-0.2, -0.15) is 13.2 Å². The standard InChI is InChI=1S/C17H19F3N2O4S/c1-3-14(23)21-9-11-6-4-5-7-12(11)15(24)22-10-16(27(2,25)26)8-13(16)17(18,19)20/h3-7,13H,1,8-10H2,2H3,(H,21,23)(H,22,24)/t13-,16+/m0/s1. The summed E-state index contributed by atoms with van der Waals surface area (Å²) in [7, 11) is -4.04. The molecule has 1 fully saturated rings. The molecule has 0 radical (unpaired) electrons. The summed E-state index contributed by atoms with van der Waals surface area (Å²) in [4.78, 5) is 23.7. The molecule has 0 heterocycles. The third kappa shape index (κ3) is 4.49. The van der Waals surface area contributed by atoms with Crippen LogP contribution in [0.4, 0.5) is 13.2 Å². The Morgan fingerprint density at radius 2 is 1.93 bits per heavy atom. The topological polar surface area (TPSA) is 92.3 Å². The summed E-state index contributed by atoms with van der Waals surface area (Å²) in [6.45, 7) is 2.68. The molecule has 148 valence electrons. The number of nitrogens with one attached hydrogen (secondary N) is 2. The predicted octanol–water partition coefficient (Wildman–Crippen LogP) is 1.58. The van der Waals surface area contributed by atoms with E-state index >= 15 is 0 Å². The van der Waals surface area contributed by atoms with Crippen molar-refractivity contribution in [2.24, 2.45) is 5.92 Å². The Morgan fingerprint density at radius 1 is 1.30 bits per heavy atom. The molecule has 0 spiro atoms. The summed E-state index contributed by atoms with van der Waals surface area (Å²) in [5, 5.41) is 4.80. The zero-order valence-corrected chi connectivity index (χ0v) is 15.3. The molecular formula is C17H19F3N2O4S. The highest BCUT2D eigenvalue weighted by Crippen LogP contribution is 2.57. The fourth-order valence-electron chi connectivity index (χ4n) is 2.91. The van der Waals surface area contributed by atoms with Crippen molar-refractivity contribution in [1.82, 2.24) is 10.6 Å². The first-order chi connectivity index (χ1) is 12.4. The highest BCUT2D eigenvalue weighted by molar-refractivity contribution is 7.92. The van der Waals surface area contributed by atoms with E-state index in [4.69, 9.17) is 0 Å². The lowest BCUT2D eigenvalue weighted by Gasteiger charge is -2.18. The van der Waals surface area contributed by atoms with Gasteiger partial charge >= 0.3 is 6.18 Å². The van der Waals surface area contributed by atoms with Crippen LogP contribution in [0.2, 0.25) is 0 Å². The second kappa shape index (κ2) is 7.34. The maximum Gasteiger partial charge on any atom is 0.393 e. The Morgan fingerprint density at radius 3 is 2.44 bits per heavy atom. The van der Waals surface area contributed by atoms with Crippen LogP contribution in [-0.4, -0.2) is 44.0 Å². The summed E-state index contributed by atoms with van der Waals surface area (Å²) in [6, 6.07) is 6.19. The molecule has 0 bridgehead atoms. The van der Waals surface area contributed by atoms with Crippen LogP contribution in [0, 0.1) is 5.92 Å². The molecule has 1 aromatic rings. The number of hydrogen-bond donors (Lipinski definition) is 2. The Bertz CT molecular complexity index is 867. The molecule has 27 heavy (non-hydrogen) atoms. The van der Waals surface area contributed by atoms with Gasteiger partial charge in [-0.25, -0.2) is 8.42 Å². The zero-order chi connectivity index (χ0) is 20.5. The van der Waals surface area contributed by atoms with Crippen molar-refractivity contribution in [3.63, 3.8) is 0 Å². The van der Waals surface area contributed by atoms with E-state index in [0.717, 1.165) is 12.3 Å². The normalized spacial score (nSPS) is 22.0. The van der Waals surface area contributed by atoms with Crippen molar-refractivity contribution < 1.29 is 31.2 Å². The second-order valence-electron chi connectivity index (χ2n) is 6.40. The van der Waals surface area contributed by atoms with Gasteiger partial charge < -0.3 is 10.6 Å². The fourth-order valence-corrected chi connectivity index (χ4v) is 4.37. The minimum Gasteiger partial charge on any atom is -0.350 e. The maximum absolute atomic E-state index is 13.0. The maximum atomic E-state index is 13.0. The molecule has 0 unspecified atom stereocenters. The van der Waals surface area contributed by atoms with E-state index in [1.165, 1.54) is 6.07 Å². The molecule has 0 saturated heterocycles. The van der Waals surface area contributed by atoms with E-state index in [0.29, 0.717) is 5.56 Å². The number of amides is 2. The highest BCUT2D eigenvalue weighted by atomic mass is 32.2. The van der Waals surface area contributed by atoms with E-state index < -0.39 is 51.5 Å². The third-order valence-electron chi connectivity index (χ3n) is 4.61. The average Bonchev–Trinajstić information content (AvgIpc) is 3.34. The summed E-state index contributed by atoms with van der Waals surface area (Å²) < 4.78 is 60.6. The molecule has 2 rings (SSSR count). The van der Waals surface area contributed by atoms with Gasteiger partial charge in [-0.15, -0.1) is 0 Å². The minimum absolute atomic E-state index is 0.0108. The van der Waals surface area contributed by atoms with E-state index in [9.17, 15) is 31.2 Å². The zero-order valence-electron chi connectivity index (χ0n) is 14.5.